The molecule has 0 aliphatic rings. The predicted octanol–water partition coefficient (Wildman–Crippen LogP) is 6.17. The summed E-state index contributed by atoms with van der Waals surface area (Å²) in [7, 11) is 1.65. The van der Waals surface area contributed by atoms with E-state index >= 15 is 0 Å². The first kappa shape index (κ1) is 27.5. The number of fused-ring (bicyclic) bond motifs is 1. The van der Waals surface area contributed by atoms with Crippen LogP contribution in [0.15, 0.2) is 95.5 Å². The van der Waals surface area contributed by atoms with Gasteiger partial charge in [0.05, 0.1) is 6.42 Å². The summed E-state index contributed by atoms with van der Waals surface area (Å²) in [6.45, 7) is 2.21. The molecule has 0 unspecified atom stereocenters. The van der Waals surface area contributed by atoms with Gasteiger partial charge in [0.2, 0.25) is 5.88 Å². The van der Waals surface area contributed by atoms with Crippen LogP contribution in [0.4, 0.5) is 5.88 Å². The van der Waals surface area contributed by atoms with E-state index in [4.69, 9.17) is 4.42 Å². The molecule has 0 aliphatic heterocycles. The minimum atomic E-state index is -0.977. The first-order chi connectivity index (χ1) is 19.8. The molecule has 0 saturated heterocycles. The van der Waals surface area contributed by atoms with Crippen LogP contribution in [0.1, 0.15) is 38.5 Å². The zero-order valence-electron chi connectivity index (χ0n) is 23.0. The lowest BCUT2D eigenvalue weighted by molar-refractivity contribution is -0.137. The highest BCUT2D eigenvalue weighted by Gasteiger charge is 2.25. The maximum atomic E-state index is 14.0. The van der Waals surface area contributed by atoms with Gasteiger partial charge < -0.3 is 19.4 Å². The number of para-hydroxylation sites is 1. The molecule has 0 radical (unpaired) electrons. The number of H-pyrrole nitrogens is 1. The predicted molar refractivity (Wildman–Crippen MR) is 158 cm³/mol. The molecule has 0 aliphatic carbocycles. The van der Waals surface area contributed by atoms with E-state index in [9.17, 15) is 19.5 Å². The molecule has 41 heavy (non-hydrogen) atoms. The van der Waals surface area contributed by atoms with Crippen molar-refractivity contribution in [2.75, 3.05) is 25.0 Å². The maximum absolute atomic E-state index is 14.0. The van der Waals surface area contributed by atoms with Gasteiger partial charge in [-0.15, -0.1) is 0 Å². The number of hydrogen-bond acceptors (Lipinski definition) is 4. The van der Waals surface area contributed by atoms with Crippen LogP contribution < -0.4 is 4.90 Å². The lowest BCUT2D eigenvalue weighted by atomic mass is 9.94. The Labute approximate surface area is 237 Å². The highest BCUT2D eigenvalue weighted by Crippen LogP contribution is 2.30. The number of aromatic nitrogens is 1. The minimum Gasteiger partial charge on any atom is -0.481 e. The number of anilines is 1. The van der Waals surface area contributed by atoms with Crippen LogP contribution in [-0.2, 0) is 11.2 Å². The lowest BCUT2D eigenvalue weighted by Crippen LogP contribution is -2.35. The first-order valence-electron chi connectivity index (χ1n) is 13.4. The van der Waals surface area contributed by atoms with Crippen LogP contribution in [0.25, 0.3) is 22.0 Å². The molecule has 0 spiro atoms. The fourth-order valence-electron chi connectivity index (χ4n) is 5.00. The molecule has 0 saturated carbocycles. The third kappa shape index (κ3) is 5.91. The van der Waals surface area contributed by atoms with Gasteiger partial charge in [-0.2, -0.15) is 0 Å². The molecule has 2 heterocycles. The summed E-state index contributed by atoms with van der Waals surface area (Å²) in [6.07, 6.45) is 2.31. The molecule has 2 amide bonds. The number of carboxylic acid groups (broad SMARTS) is 1. The number of benzene rings is 3. The SMILES string of the molecule is Cc1ccc(N(C)C(=O)c2ccccc2-c2ccccc2C(=O)N(CCC(=O)O)CCc2c[nH]c3ccccc23)o1. The Morgan fingerprint density at radius 2 is 1.44 bits per heavy atom. The third-order valence-corrected chi connectivity index (χ3v) is 7.18. The van der Waals surface area contributed by atoms with Gasteiger partial charge in [0.15, 0.2) is 0 Å². The van der Waals surface area contributed by atoms with E-state index in [-0.39, 0.29) is 24.8 Å². The number of carbonyl (C=O) groups excluding carboxylic acids is 2. The molecule has 0 atom stereocenters. The Hall–Kier alpha value is -5.11. The minimum absolute atomic E-state index is 0.0615. The van der Waals surface area contributed by atoms with Gasteiger partial charge in [0, 0.05) is 54.4 Å². The summed E-state index contributed by atoms with van der Waals surface area (Å²) in [4.78, 5) is 45.4. The van der Waals surface area contributed by atoms with Gasteiger partial charge in [-0.25, -0.2) is 0 Å². The summed E-state index contributed by atoms with van der Waals surface area (Å²) in [5, 5.41) is 10.5. The van der Waals surface area contributed by atoms with Crippen molar-refractivity contribution in [3.8, 4) is 11.1 Å². The fourth-order valence-corrected chi connectivity index (χ4v) is 5.00. The van der Waals surface area contributed by atoms with E-state index < -0.39 is 5.97 Å². The van der Waals surface area contributed by atoms with Crippen molar-refractivity contribution in [2.45, 2.75) is 19.8 Å². The molecule has 2 aromatic heterocycles. The molecule has 208 valence electrons. The van der Waals surface area contributed by atoms with E-state index in [2.05, 4.69) is 4.98 Å². The molecule has 2 N–H and O–H groups in total. The van der Waals surface area contributed by atoms with E-state index in [1.807, 2.05) is 61.7 Å². The molecule has 8 heteroatoms. The smallest absolute Gasteiger partial charge is 0.305 e. The average molecular weight is 550 g/mol. The standard InChI is InChI=1S/C33H31N3O5/c1-22-15-16-30(41-22)35(2)32(39)27-12-5-3-10-25(27)26-11-4-6-13-28(26)33(40)36(20-18-31(37)38)19-17-23-21-34-29-14-8-7-9-24(23)29/h3-16,21,34H,17-20H2,1-2H3,(H,37,38). The van der Waals surface area contributed by atoms with Crippen molar-refractivity contribution < 1.29 is 23.9 Å². The summed E-state index contributed by atoms with van der Waals surface area (Å²) < 4.78 is 5.65. The summed E-state index contributed by atoms with van der Waals surface area (Å²) >= 11 is 0. The molecular formula is C33H31N3O5. The largest absolute Gasteiger partial charge is 0.481 e. The number of carbonyl (C=O) groups is 3. The van der Waals surface area contributed by atoms with Crippen molar-refractivity contribution in [1.82, 2.24) is 9.88 Å². The lowest BCUT2D eigenvalue weighted by Gasteiger charge is -2.24. The highest BCUT2D eigenvalue weighted by atomic mass is 16.4. The van der Waals surface area contributed by atoms with E-state index in [1.165, 1.54) is 4.90 Å². The highest BCUT2D eigenvalue weighted by molar-refractivity contribution is 6.11. The molecule has 0 bridgehead atoms. The topological polar surface area (TPSA) is 107 Å². The third-order valence-electron chi connectivity index (χ3n) is 7.18. The molecule has 8 nitrogen and oxygen atoms in total. The first-order valence-corrected chi connectivity index (χ1v) is 13.4. The number of aryl methyl sites for hydroxylation is 1. The van der Waals surface area contributed by atoms with Gasteiger partial charge in [-0.05, 0) is 54.3 Å². The summed E-state index contributed by atoms with van der Waals surface area (Å²) in [5.74, 6) is -0.435. The number of hydrogen-bond donors (Lipinski definition) is 2. The molecular weight excluding hydrogens is 518 g/mol. The zero-order valence-corrected chi connectivity index (χ0v) is 23.0. The maximum Gasteiger partial charge on any atom is 0.305 e. The van der Waals surface area contributed by atoms with Gasteiger partial charge >= 0.3 is 5.97 Å². The van der Waals surface area contributed by atoms with E-state index in [0.717, 1.165) is 16.5 Å². The molecule has 0 fully saturated rings. The second-order valence-electron chi connectivity index (χ2n) is 9.89. The Kier molecular flexibility index (Phi) is 8.01. The molecule has 5 rings (SSSR count). The normalized spacial score (nSPS) is 11.0. The second kappa shape index (κ2) is 12.0. The van der Waals surface area contributed by atoms with Crippen molar-refractivity contribution >= 4 is 34.6 Å². The Balaban J connectivity index is 1.47. The number of aliphatic carboxylic acids is 1. The van der Waals surface area contributed by atoms with Gasteiger partial charge in [-0.1, -0.05) is 54.6 Å². The van der Waals surface area contributed by atoms with Crippen LogP contribution in [0.2, 0.25) is 0 Å². The number of amides is 2. The quantitative estimate of drug-likeness (QED) is 0.217. The second-order valence-corrected chi connectivity index (χ2v) is 9.89. The number of furan rings is 1. The number of aromatic amines is 1. The number of nitrogens with one attached hydrogen (secondary N) is 1. The van der Waals surface area contributed by atoms with Gasteiger partial charge in [-0.3, -0.25) is 19.3 Å². The van der Waals surface area contributed by atoms with Crippen molar-refractivity contribution in [1.29, 1.82) is 0 Å². The zero-order chi connectivity index (χ0) is 28.9. The monoisotopic (exact) mass is 549 g/mol. The number of nitrogens with zero attached hydrogens (tertiary/aromatic N) is 2. The van der Waals surface area contributed by atoms with Crippen molar-refractivity contribution in [3.63, 3.8) is 0 Å². The van der Waals surface area contributed by atoms with Crippen LogP contribution >= 0.6 is 0 Å². The molecule has 3 aromatic carbocycles. The Morgan fingerprint density at radius 3 is 2.10 bits per heavy atom. The number of rotatable bonds is 10. The van der Waals surface area contributed by atoms with Crippen molar-refractivity contribution in [3.05, 3.63) is 114 Å². The van der Waals surface area contributed by atoms with Crippen LogP contribution in [-0.4, -0.2) is 52.9 Å². The summed E-state index contributed by atoms with van der Waals surface area (Å²) in [6, 6.07) is 25.7. The van der Waals surface area contributed by atoms with E-state index in [1.54, 1.807) is 48.3 Å². The van der Waals surface area contributed by atoms with Gasteiger partial charge in [0.1, 0.15) is 5.76 Å². The fraction of sp³-hybridized carbons (Fsp3) is 0.182. The van der Waals surface area contributed by atoms with E-state index in [0.29, 0.717) is 46.9 Å². The van der Waals surface area contributed by atoms with Crippen LogP contribution in [0.3, 0.4) is 0 Å². The van der Waals surface area contributed by atoms with Crippen molar-refractivity contribution in [2.24, 2.45) is 0 Å². The van der Waals surface area contributed by atoms with Crippen LogP contribution in [0, 0.1) is 6.92 Å². The number of carboxylic acids is 1. The Morgan fingerprint density at radius 1 is 0.805 bits per heavy atom. The summed E-state index contributed by atoms with van der Waals surface area (Å²) in [5.41, 5.74) is 4.07. The Bertz CT molecular complexity index is 1720. The average Bonchev–Trinajstić information content (AvgIpc) is 3.62. The van der Waals surface area contributed by atoms with Crippen LogP contribution in [0.5, 0.6) is 0 Å². The molecule has 5 aromatic rings. The van der Waals surface area contributed by atoms with Gasteiger partial charge in [0.25, 0.3) is 11.8 Å².